The Morgan fingerprint density at radius 3 is 2.75 bits per heavy atom. The number of morpholine rings is 1. The van der Waals surface area contributed by atoms with Crippen LogP contribution < -0.4 is 10.6 Å². The van der Waals surface area contributed by atoms with Crippen molar-refractivity contribution in [2.75, 3.05) is 18.1 Å². The van der Waals surface area contributed by atoms with E-state index in [0.29, 0.717) is 13.2 Å². The molecule has 0 bridgehead atoms. The molecular weight excluding hydrogens is 304 g/mol. The van der Waals surface area contributed by atoms with E-state index >= 15 is 0 Å². The summed E-state index contributed by atoms with van der Waals surface area (Å²) in [5.74, 6) is 0.156. The number of aromatic nitrogens is 2. The van der Waals surface area contributed by atoms with Gasteiger partial charge in [-0.3, -0.25) is 4.79 Å². The Morgan fingerprint density at radius 2 is 2.08 bits per heavy atom. The van der Waals surface area contributed by atoms with E-state index in [0.717, 1.165) is 5.82 Å². The summed E-state index contributed by atoms with van der Waals surface area (Å²) in [4.78, 5) is 21.8. The molecule has 0 unspecified atom stereocenters. The molecule has 1 amide bonds. The van der Waals surface area contributed by atoms with Crippen molar-refractivity contribution in [2.45, 2.75) is 32.9 Å². The number of nitrogens with two attached hydrogens (primary N) is 1. The minimum atomic E-state index is -0.572. The Balaban J connectivity index is 1.85. The van der Waals surface area contributed by atoms with E-state index in [2.05, 4.69) is 53.8 Å². The van der Waals surface area contributed by atoms with Crippen LogP contribution in [0.4, 0.5) is 5.82 Å². The second-order valence-electron chi connectivity index (χ2n) is 6.31. The van der Waals surface area contributed by atoms with Crippen LogP contribution in [0.3, 0.4) is 0 Å². The lowest BCUT2D eigenvalue weighted by Gasteiger charge is -2.39. The molecule has 0 radical (unpaired) electrons. The molecule has 1 aliphatic rings. The summed E-state index contributed by atoms with van der Waals surface area (Å²) in [6.07, 6.45) is 3.01. The molecule has 2 atom stereocenters. The maximum atomic E-state index is 11.1. The van der Waals surface area contributed by atoms with Gasteiger partial charge in [0.1, 0.15) is 17.6 Å². The van der Waals surface area contributed by atoms with Gasteiger partial charge in [-0.2, -0.15) is 0 Å². The standard InChI is InChI=1S/C18H22N4O2/c1-11-4-5-12(2)14(6-11)16-9-22(13(3)10-24-16)17-8-20-15(7-21-17)18(19)23/h4-8,13,16H,9-10H2,1-3H3,(H2,19,23)/t13-,16+/m0/s1. The Hall–Kier alpha value is -2.47. The van der Waals surface area contributed by atoms with Gasteiger partial charge >= 0.3 is 0 Å². The van der Waals surface area contributed by atoms with Gasteiger partial charge in [-0.15, -0.1) is 0 Å². The Morgan fingerprint density at radius 1 is 1.29 bits per heavy atom. The van der Waals surface area contributed by atoms with Gasteiger partial charge in [-0.05, 0) is 31.9 Å². The molecule has 0 aliphatic carbocycles. The van der Waals surface area contributed by atoms with Gasteiger partial charge < -0.3 is 15.4 Å². The molecule has 2 N–H and O–H groups in total. The molecule has 0 saturated carbocycles. The first-order valence-corrected chi connectivity index (χ1v) is 8.03. The first kappa shape index (κ1) is 16.4. The number of benzene rings is 1. The van der Waals surface area contributed by atoms with Crippen LogP contribution in [-0.4, -0.2) is 35.1 Å². The van der Waals surface area contributed by atoms with E-state index in [1.807, 2.05) is 0 Å². The third-order valence-electron chi connectivity index (χ3n) is 4.40. The first-order valence-electron chi connectivity index (χ1n) is 8.03. The molecule has 1 saturated heterocycles. The van der Waals surface area contributed by atoms with Crippen molar-refractivity contribution in [3.05, 3.63) is 53.0 Å². The van der Waals surface area contributed by atoms with E-state index in [-0.39, 0.29) is 17.8 Å². The quantitative estimate of drug-likeness (QED) is 0.935. The van der Waals surface area contributed by atoms with Crippen molar-refractivity contribution in [3.8, 4) is 0 Å². The number of carbonyl (C=O) groups is 1. The Kier molecular flexibility index (Phi) is 4.49. The fraction of sp³-hybridized carbons (Fsp3) is 0.389. The third-order valence-corrected chi connectivity index (χ3v) is 4.40. The predicted octanol–water partition coefficient (Wildman–Crippen LogP) is 2.16. The van der Waals surface area contributed by atoms with E-state index in [1.165, 1.54) is 22.9 Å². The van der Waals surface area contributed by atoms with Crippen molar-refractivity contribution < 1.29 is 9.53 Å². The fourth-order valence-corrected chi connectivity index (χ4v) is 2.97. The molecule has 6 heteroatoms. The third kappa shape index (κ3) is 3.23. The minimum absolute atomic E-state index is 0.0151. The first-order chi connectivity index (χ1) is 11.5. The molecule has 3 rings (SSSR count). The molecule has 0 spiro atoms. The molecule has 1 fully saturated rings. The number of ether oxygens (including phenoxy) is 1. The number of primary amides is 1. The van der Waals surface area contributed by atoms with E-state index in [4.69, 9.17) is 10.5 Å². The smallest absolute Gasteiger partial charge is 0.268 e. The second-order valence-corrected chi connectivity index (χ2v) is 6.31. The van der Waals surface area contributed by atoms with Crippen LogP contribution in [0.25, 0.3) is 0 Å². The van der Waals surface area contributed by atoms with Gasteiger partial charge in [0, 0.05) is 0 Å². The van der Waals surface area contributed by atoms with Crippen LogP contribution >= 0.6 is 0 Å². The number of hydrogen-bond acceptors (Lipinski definition) is 5. The number of anilines is 1. The molecule has 1 aromatic heterocycles. The summed E-state index contributed by atoms with van der Waals surface area (Å²) in [6.45, 7) is 7.57. The molecule has 2 aromatic rings. The highest BCUT2D eigenvalue weighted by atomic mass is 16.5. The zero-order valence-electron chi connectivity index (χ0n) is 14.2. The van der Waals surface area contributed by atoms with Crippen molar-refractivity contribution in [3.63, 3.8) is 0 Å². The second kappa shape index (κ2) is 6.57. The molecular formula is C18H22N4O2. The summed E-state index contributed by atoms with van der Waals surface area (Å²) in [7, 11) is 0. The minimum Gasteiger partial charge on any atom is -0.370 e. The van der Waals surface area contributed by atoms with Crippen LogP contribution in [-0.2, 0) is 4.74 Å². The predicted molar refractivity (Wildman–Crippen MR) is 92.0 cm³/mol. The largest absolute Gasteiger partial charge is 0.370 e. The van der Waals surface area contributed by atoms with Crippen LogP contribution in [0, 0.1) is 13.8 Å². The molecule has 1 aliphatic heterocycles. The van der Waals surface area contributed by atoms with Crippen LogP contribution in [0.1, 0.15) is 40.2 Å². The SMILES string of the molecule is Cc1ccc(C)c([C@H]2CN(c3cnc(C(N)=O)cn3)[C@@H](C)CO2)c1. The maximum Gasteiger partial charge on any atom is 0.268 e. The number of amides is 1. The molecule has 2 heterocycles. The molecule has 126 valence electrons. The summed E-state index contributed by atoms with van der Waals surface area (Å²) >= 11 is 0. The van der Waals surface area contributed by atoms with Gasteiger partial charge in [0.15, 0.2) is 0 Å². The summed E-state index contributed by atoms with van der Waals surface area (Å²) in [5, 5.41) is 0. The summed E-state index contributed by atoms with van der Waals surface area (Å²) in [6, 6.07) is 6.59. The van der Waals surface area contributed by atoms with Gasteiger partial charge in [-0.1, -0.05) is 23.8 Å². The molecule has 24 heavy (non-hydrogen) atoms. The van der Waals surface area contributed by atoms with Crippen LogP contribution in [0.5, 0.6) is 0 Å². The molecule has 6 nitrogen and oxygen atoms in total. The average molecular weight is 326 g/mol. The highest BCUT2D eigenvalue weighted by Crippen LogP contribution is 2.30. The van der Waals surface area contributed by atoms with E-state index in [9.17, 15) is 4.79 Å². The van der Waals surface area contributed by atoms with Crippen LogP contribution in [0.15, 0.2) is 30.6 Å². The van der Waals surface area contributed by atoms with Crippen molar-refractivity contribution >= 4 is 11.7 Å². The maximum absolute atomic E-state index is 11.1. The summed E-state index contributed by atoms with van der Waals surface area (Å²) in [5.41, 5.74) is 9.03. The van der Waals surface area contributed by atoms with Crippen molar-refractivity contribution in [1.82, 2.24) is 9.97 Å². The number of nitrogens with zero attached hydrogens (tertiary/aromatic N) is 3. The highest BCUT2D eigenvalue weighted by molar-refractivity contribution is 5.90. The fourth-order valence-electron chi connectivity index (χ4n) is 2.97. The number of aryl methyl sites for hydroxylation is 2. The molecule has 1 aromatic carbocycles. The lowest BCUT2D eigenvalue weighted by atomic mass is 9.99. The Bertz CT molecular complexity index is 745. The highest BCUT2D eigenvalue weighted by Gasteiger charge is 2.29. The zero-order chi connectivity index (χ0) is 17.3. The van der Waals surface area contributed by atoms with E-state index in [1.54, 1.807) is 6.20 Å². The van der Waals surface area contributed by atoms with Crippen LogP contribution in [0.2, 0.25) is 0 Å². The Labute approximate surface area is 141 Å². The lowest BCUT2D eigenvalue weighted by molar-refractivity contribution is 0.0208. The van der Waals surface area contributed by atoms with Gasteiger partial charge in [0.25, 0.3) is 5.91 Å². The average Bonchev–Trinajstić information content (AvgIpc) is 2.58. The summed E-state index contributed by atoms with van der Waals surface area (Å²) < 4.78 is 6.06. The zero-order valence-corrected chi connectivity index (χ0v) is 14.2. The number of hydrogen-bond donors (Lipinski definition) is 1. The van der Waals surface area contributed by atoms with Gasteiger partial charge in [0.2, 0.25) is 0 Å². The monoisotopic (exact) mass is 326 g/mol. The van der Waals surface area contributed by atoms with Crippen molar-refractivity contribution in [1.29, 1.82) is 0 Å². The van der Waals surface area contributed by atoms with E-state index < -0.39 is 5.91 Å². The normalized spacial score (nSPS) is 20.9. The van der Waals surface area contributed by atoms with Gasteiger partial charge in [0.05, 0.1) is 31.6 Å². The number of rotatable bonds is 3. The lowest BCUT2D eigenvalue weighted by Crippen LogP contribution is -2.45. The number of carbonyl (C=O) groups excluding carboxylic acids is 1. The van der Waals surface area contributed by atoms with Gasteiger partial charge in [-0.25, -0.2) is 9.97 Å². The van der Waals surface area contributed by atoms with Crippen molar-refractivity contribution in [2.24, 2.45) is 5.73 Å². The topological polar surface area (TPSA) is 81.3 Å².